The van der Waals surface area contributed by atoms with Gasteiger partial charge in [-0.25, -0.2) is 4.90 Å². The summed E-state index contributed by atoms with van der Waals surface area (Å²) in [6, 6.07) is 18.3. The first-order valence-electron chi connectivity index (χ1n) is 9.41. The molecule has 0 unspecified atom stereocenters. The molecule has 152 valence electrons. The van der Waals surface area contributed by atoms with Gasteiger partial charge in [-0.15, -0.1) is 11.3 Å². The monoisotopic (exact) mass is 456 g/mol. The minimum atomic E-state index is -0.375. The zero-order valence-electron chi connectivity index (χ0n) is 16.1. The van der Waals surface area contributed by atoms with Gasteiger partial charge in [-0.3, -0.25) is 9.59 Å². The van der Waals surface area contributed by atoms with Crippen LogP contribution in [0.5, 0.6) is 0 Å². The Kier molecular flexibility index (Phi) is 5.95. The number of hydrogen-bond acceptors (Lipinski definition) is 4. The molecule has 0 saturated heterocycles. The number of halogens is 2. The van der Waals surface area contributed by atoms with E-state index in [1.165, 1.54) is 11.3 Å². The molecule has 0 bridgehead atoms. The van der Waals surface area contributed by atoms with Gasteiger partial charge in [-0.2, -0.15) is 0 Å². The fourth-order valence-corrected chi connectivity index (χ4v) is 4.79. The fourth-order valence-electron chi connectivity index (χ4n) is 3.51. The average molecular weight is 457 g/mol. The molecule has 4 rings (SSSR count). The van der Waals surface area contributed by atoms with Gasteiger partial charge >= 0.3 is 0 Å². The first kappa shape index (κ1) is 20.7. The van der Waals surface area contributed by atoms with Crippen molar-refractivity contribution in [2.24, 2.45) is 0 Å². The van der Waals surface area contributed by atoms with Gasteiger partial charge in [0.1, 0.15) is 5.70 Å². The van der Waals surface area contributed by atoms with E-state index in [0.717, 1.165) is 15.3 Å². The van der Waals surface area contributed by atoms with Crippen LogP contribution in [0.1, 0.15) is 17.4 Å². The third kappa shape index (κ3) is 3.88. The molecule has 0 aliphatic carbocycles. The van der Waals surface area contributed by atoms with Crippen molar-refractivity contribution in [3.8, 4) is 0 Å². The lowest BCUT2D eigenvalue weighted by Gasteiger charge is -2.25. The Bertz CT molecular complexity index is 1110. The van der Waals surface area contributed by atoms with Crippen LogP contribution in [-0.2, 0) is 16.1 Å². The SMILES string of the molecule is CCN(Cc1ccccc1)C1=C(c2cccs2)C(=O)N(c2cc(Cl)cc(Cl)c2)C1=O. The van der Waals surface area contributed by atoms with Gasteiger partial charge in [-0.05, 0) is 42.1 Å². The standard InChI is InChI=1S/C23H18Cl2N2O2S/c1-2-26(14-15-7-4-3-5-8-15)21-20(19-9-6-10-30-19)22(28)27(23(21)29)18-12-16(24)11-17(25)13-18/h3-13H,2,14H2,1H3. The summed E-state index contributed by atoms with van der Waals surface area (Å²) in [7, 11) is 0. The Morgan fingerprint density at radius 2 is 1.63 bits per heavy atom. The Morgan fingerprint density at radius 3 is 2.23 bits per heavy atom. The van der Waals surface area contributed by atoms with E-state index in [9.17, 15) is 9.59 Å². The zero-order chi connectivity index (χ0) is 21.3. The molecule has 4 nitrogen and oxygen atoms in total. The molecule has 2 aromatic carbocycles. The topological polar surface area (TPSA) is 40.6 Å². The molecule has 2 heterocycles. The van der Waals surface area contributed by atoms with Crippen molar-refractivity contribution in [3.63, 3.8) is 0 Å². The van der Waals surface area contributed by atoms with Crippen molar-refractivity contribution in [2.45, 2.75) is 13.5 Å². The third-order valence-corrected chi connectivity index (χ3v) is 6.17. The molecule has 0 fully saturated rings. The van der Waals surface area contributed by atoms with Crippen LogP contribution in [0.25, 0.3) is 5.57 Å². The first-order chi connectivity index (χ1) is 14.5. The molecule has 7 heteroatoms. The van der Waals surface area contributed by atoms with Crippen LogP contribution < -0.4 is 4.90 Å². The minimum absolute atomic E-state index is 0.362. The molecule has 1 aliphatic rings. The Balaban J connectivity index is 1.81. The van der Waals surface area contributed by atoms with E-state index in [1.807, 2.05) is 59.7 Å². The van der Waals surface area contributed by atoms with Crippen LogP contribution in [0.3, 0.4) is 0 Å². The predicted molar refractivity (Wildman–Crippen MR) is 123 cm³/mol. The van der Waals surface area contributed by atoms with Crippen LogP contribution in [0.2, 0.25) is 10.0 Å². The second-order valence-electron chi connectivity index (χ2n) is 6.77. The molecule has 0 radical (unpaired) electrons. The van der Waals surface area contributed by atoms with Crippen LogP contribution in [0.4, 0.5) is 5.69 Å². The summed E-state index contributed by atoms with van der Waals surface area (Å²) in [5, 5.41) is 2.62. The van der Waals surface area contributed by atoms with Crippen molar-refractivity contribution in [2.75, 3.05) is 11.4 Å². The molecule has 0 saturated carbocycles. The maximum atomic E-state index is 13.6. The molecule has 3 aromatic rings. The summed E-state index contributed by atoms with van der Waals surface area (Å²) in [6.45, 7) is 3.06. The number of nitrogens with zero attached hydrogens (tertiary/aromatic N) is 2. The van der Waals surface area contributed by atoms with Gasteiger partial charge in [-0.1, -0.05) is 59.6 Å². The molecular formula is C23H18Cl2N2O2S. The number of thiophene rings is 1. The van der Waals surface area contributed by atoms with Crippen molar-refractivity contribution in [1.29, 1.82) is 0 Å². The van der Waals surface area contributed by atoms with Crippen molar-refractivity contribution in [3.05, 3.63) is 92.2 Å². The summed E-state index contributed by atoms with van der Waals surface area (Å²) in [5.74, 6) is -0.748. The quantitative estimate of drug-likeness (QED) is 0.436. The Labute approximate surface area is 188 Å². The highest BCUT2D eigenvalue weighted by Gasteiger charge is 2.42. The summed E-state index contributed by atoms with van der Waals surface area (Å²) in [4.78, 5) is 30.9. The van der Waals surface area contributed by atoms with Gasteiger partial charge in [0, 0.05) is 28.0 Å². The Morgan fingerprint density at radius 1 is 0.933 bits per heavy atom. The highest BCUT2D eigenvalue weighted by atomic mass is 35.5. The summed E-state index contributed by atoms with van der Waals surface area (Å²) in [5.41, 5.74) is 2.22. The smallest absolute Gasteiger partial charge is 0.282 e. The molecule has 1 aromatic heterocycles. The molecule has 30 heavy (non-hydrogen) atoms. The van der Waals surface area contributed by atoms with Gasteiger partial charge in [0.2, 0.25) is 0 Å². The van der Waals surface area contributed by atoms with Crippen molar-refractivity contribution in [1.82, 2.24) is 4.90 Å². The first-order valence-corrected chi connectivity index (χ1v) is 11.0. The number of carbonyl (C=O) groups excluding carboxylic acids is 2. The maximum absolute atomic E-state index is 13.6. The van der Waals surface area contributed by atoms with E-state index in [0.29, 0.717) is 40.1 Å². The van der Waals surface area contributed by atoms with Crippen LogP contribution in [-0.4, -0.2) is 23.3 Å². The zero-order valence-corrected chi connectivity index (χ0v) is 18.5. The van der Waals surface area contributed by atoms with E-state index < -0.39 is 0 Å². The van der Waals surface area contributed by atoms with Gasteiger partial charge in [0.05, 0.1) is 11.3 Å². The third-order valence-electron chi connectivity index (χ3n) is 4.85. The van der Waals surface area contributed by atoms with Crippen LogP contribution >= 0.6 is 34.5 Å². The highest BCUT2D eigenvalue weighted by Crippen LogP contribution is 2.38. The summed E-state index contributed by atoms with van der Waals surface area (Å²) in [6.07, 6.45) is 0. The summed E-state index contributed by atoms with van der Waals surface area (Å²) >= 11 is 13.7. The lowest BCUT2D eigenvalue weighted by atomic mass is 10.1. The number of benzene rings is 2. The average Bonchev–Trinajstić information content (AvgIpc) is 3.32. The van der Waals surface area contributed by atoms with Crippen LogP contribution in [0.15, 0.2) is 71.7 Å². The number of amides is 2. The number of carbonyl (C=O) groups is 2. The second kappa shape index (κ2) is 8.64. The minimum Gasteiger partial charge on any atom is -0.362 e. The second-order valence-corrected chi connectivity index (χ2v) is 8.59. The van der Waals surface area contributed by atoms with Gasteiger partial charge < -0.3 is 4.90 Å². The van der Waals surface area contributed by atoms with E-state index in [4.69, 9.17) is 23.2 Å². The van der Waals surface area contributed by atoms with Crippen molar-refractivity contribution >= 4 is 57.6 Å². The number of rotatable bonds is 6. The highest BCUT2D eigenvalue weighted by molar-refractivity contribution is 7.11. The van der Waals surface area contributed by atoms with Gasteiger partial charge in [0.15, 0.2) is 0 Å². The van der Waals surface area contributed by atoms with Crippen molar-refractivity contribution < 1.29 is 9.59 Å². The summed E-state index contributed by atoms with van der Waals surface area (Å²) < 4.78 is 0. The van der Waals surface area contributed by atoms with Gasteiger partial charge in [0.25, 0.3) is 11.8 Å². The fraction of sp³-hybridized carbons (Fsp3) is 0.130. The van der Waals surface area contributed by atoms with E-state index in [1.54, 1.807) is 18.2 Å². The molecule has 2 amide bonds. The van der Waals surface area contributed by atoms with E-state index in [2.05, 4.69) is 0 Å². The predicted octanol–water partition coefficient (Wildman–Crippen LogP) is 5.86. The molecule has 1 aliphatic heterocycles. The molecule has 0 spiro atoms. The largest absolute Gasteiger partial charge is 0.362 e. The number of hydrogen-bond donors (Lipinski definition) is 0. The number of anilines is 1. The number of likely N-dealkylation sites (N-methyl/N-ethyl adjacent to an activating group) is 1. The van der Waals surface area contributed by atoms with E-state index >= 15 is 0 Å². The Hall–Kier alpha value is -2.60. The molecule has 0 N–H and O–H groups in total. The van der Waals surface area contributed by atoms with E-state index in [-0.39, 0.29) is 11.8 Å². The lowest BCUT2D eigenvalue weighted by Crippen LogP contribution is -2.35. The normalized spacial score (nSPS) is 14.0. The molecular weight excluding hydrogens is 439 g/mol. The maximum Gasteiger partial charge on any atom is 0.282 e. The number of imide groups is 1. The molecule has 0 atom stereocenters. The lowest BCUT2D eigenvalue weighted by molar-refractivity contribution is -0.120. The van der Waals surface area contributed by atoms with Crippen LogP contribution in [0, 0.1) is 0 Å².